The number of hydrogen-bond acceptors (Lipinski definition) is 6. The van der Waals surface area contributed by atoms with Gasteiger partial charge in [0.25, 0.3) is 0 Å². The van der Waals surface area contributed by atoms with Gasteiger partial charge in [-0.2, -0.15) is 0 Å². The average Bonchev–Trinajstić information content (AvgIpc) is 2.99. The molecular weight excluding hydrogens is 312 g/mol. The van der Waals surface area contributed by atoms with Gasteiger partial charge in [0.1, 0.15) is 11.5 Å². The predicted molar refractivity (Wildman–Crippen MR) is 98.2 cm³/mol. The van der Waals surface area contributed by atoms with Crippen LogP contribution >= 0.6 is 0 Å². The van der Waals surface area contributed by atoms with Gasteiger partial charge in [-0.15, -0.1) is 0 Å². The zero-order chi connectivity index (χ0) is 16.9. The van der Waals surface area contributed by atoms with Crippen LogP contribution in [-0.2, 0) is 0 Å². The maximum atomic E-state index is 4.78. The third-order valence-corrected chi connectivity index (χ3v) is 4.24. The van der Waals surface area contributed by atoms with Gasteiger partial charge >= 0.3 is 0 Å². The molecule has 1 aliphatic rings. The molecule has 0 amide bonds. The van der Waals surface area contributed by atoms with Crippen molar-refractivity contribution in [3.63, 3.8) is 0 Å². The summed E-state index contributed by atoms with van der Waals surface area (Å²) in [5.74, 6) is 1.56. The first-order valence-corrected chi connectivity index (χ1v) is 8.57. The molecule has 1 aliphatic heterocycles. The molecule has 126 valence electrons. The van der Waals surface area contributed by atoms with E-state index in [1.807, 2.05) is 18.2 Å². The van der Waals surface area contributed by atoms with Crippen molar-refractivity contribution < 1.29 is 0 Å². The van der Waals surface area contributed by atoms with E-state index in [-0.39, 0.29) is 0 Å². The molecule has 0 saturated carbocycles. The fourth-order valence-corrected chi connectivity index (χ4v) is 2.96. The molecule has 0 aliphatic carbocycles. The molecule has 3 heterocycles. The lowest BCUT2D eigenvalue weighted by atomic mass is 10.1. The maximum absolute atomic E-state index is 4.78. The summed E-state index contributed by atoms with van der Waals surface area (Å²) in [5.41, 5.74) is 2.67. The van der Waals surface area contributed by atoms with E-state index in [0.717, 1.165) is 49.7 Å². The first kappa shape index (κ1) is 15.7. The Bertz CT molecular complexity index is 756. The Morgan fingerprint density at radius 3 is 2.68 bits per heavy atom. The molecule has 1 saturated heterocycles. The number of benzene rings is 1. The molecule has 25 heavy (non-hydrogen) atoms. The topological polar surface area (TPSA) is 66.8 Å². The number of nitrogens with one attached hydrogen (secondary N) is 1. The lowest BCUT2D eigenvalue weighted by molar-refractivity contribution is 0.724. The van der Waals surface area contributed by atoms with E-state index < -0.39 is 0 Å². The second-order valence-electron chi connectivity index (χ2n) is 5.98. The molecule has 0 bridgehead atoms. The highest BCUT2D eigenvalue weighted by atomic mass is 15.2. The minimum Gasteiger partial charge on any atom is -0.355 e. The Kier molecular flexibility index (Phi) is 4.61. The molecule has 2 aromatic heterocycles. The first-order valence-electron chi connectivity index (χ1n) is 8.57. The standard InChI is InChI=1S/C19H20N6/c1-2-5-15(6-3-1)16-13-18(25-11-4-7-20-10-12-25)24-19(23-16)17-14-21-8-9-22-17/h1-3,5-6,8-9,13-14,20H,4,7,10-12H2. The molecule has 0 unspecified atom stereocenters. The van der Waals surface area contributed by atoms with E-state index in [2.05, 4.69) is 38.4 Å². The van der Waals surface area contributed by atoms with Crippen molar-refractivity contribution in [1.82, 2.24) is 25.3 Å². The Balaban J connectivity index is 1.80. The lowest BCUT2D eigenvalue weighted by Crippen LogP contribution is -2.28. The minimum absolute atomic E-state index is 0.613. The van der Waals surface area contributed by atoms with Gasteiger partial charge in [-0.05, 0) is 13.0 Å². The van der Waals surface area contributed by atoms with Gasteiger partial charge in [-0.1, -0.05) is 30.3 Å². The van der Waals surface area contributed by atoms with Crippen molar-refractivity contribution in [1.29, 1.82) is 0 Å². The van der Waals surface area contributed by atoms with Crippen LogP contribution in [0.15, 0.2) is 55.0 Å². The van der Waals surface area contributed by atoms with Crippen molar-refractivity contribution in [3.8, 4) is 22.8 Å². The Hall–Kier alpha value is -2.86. The average molecular weight is 332 g/mol. The molecule has 1 aromatic carbocycles. The fourth-order valence-electron chi connectivity index (χ4n) is 2.96. The summed E-state index contributed by atoms with van der Waals surface area (Å²) < 4.78 is 0. The molecule has 1 N–H and O–H groups in total. The minimum atomic E-state index is 0.613. The first-order chi connectivity index (χ1) is 12.4. The van der Waals surface area contributed by atoms with Crippen molar-refractivity contribution in [2.24, 2.45) is 0 Å². The predicted octanol–water partition coefficient (Wildman–Crippen LogP) is 2.40. The van der Waals surface area contributed by atoms with Crippen LogP contribution in [0.1, 0.15) is 6.42 Å². The Morgan fingerprint density at radius 1 is 0.920 bits per heavy atom. The summed E-state index contributed by atoms with van der Waals surface area (Å²) in [7, 11) is 0. The van der Waals surface area contributed by atoms with Gasteiger partial charge in [-0.25, -0.2) is 15.0 Å². The Morgan fingerprint density at radius 2 is 1.84 bits per heavy atom. The molecule has 0 radical (unpaired) electrons. The SMILES string of the molecule is c1ccc(-c2cc(N3CCCNCC3)nc(-c3cnccn3)n2)cc1. The summed E-state index contributed by atoms with van der Waals surface area (Å²) in [5, 5.41) is 3.43. The normalized spacial score (nSPS) is 15.0. The van der Waals surface area contributed by atoms with E-state index in [9.17, 15) is 0 Å². The van der Waals surface area contributed by atoms with E-state index >= 15 is 0 Å². The number of anilines is 1. The third-order valence-electron chi connectivity index (χ3n) is 4.24. The fraction of sp³-hybridized carbons (Fsp3) is 0.263. The summed E-state index contributed by atoms with van der Waals surface area (Å²) >= 11 is 0. The van der Waals surface area contributed by atoms with Gasteiger partial charge in [0.15, 0.2) is 5.82 Å². The maximum Gasteiger partial charge on any atom is 0.182 e. The quantitative estimate of drug-likeness (QED) is 0.794. The van der Waals surface area contributed by atoms with Crippen molar-refractivity contribution in [2.75, 3.05) is 31.1 Å². The van der Waals surface area contributed by atoms with Crippen LogP contribution in [0.2, 0.25) is 0 Å². The lowest BCUT2D eigenvalue weighted by Gasteiger charge is -2.22. The Labute approximate surface area is 147 Å². The van der Waals surface area contributed by atoms with Gasteiger partial charge in [0, 0.05) is 43.7 Å². The second-order valence-corrected chi connectivity index (χ2v) is 5.98. The molecule has 6 heteroatoms. The summed E-state index contributed by atoms with van der Waals surface area (Å²) in [6.45, 7) is 3.93. The van der Waals surface area contributed by atoms with Gasteiger partial charge < -0.3 is 10.2 Å². The third kappa shape index (κ3) is 3.64. The summed E-state index contributed by atoms with van der Waals surface area (Å²) in [6.07, 6.45) is 6.14. The number of nitrogens with zero attached hydrogens (tertiary/aromatic N) is 5. The van der Waals surface area contributed by atoms with Crippen LogP contribution in [-0.4, -0.2) is 46.1 Å². The van der Waals surface area contributed by atoms with E-state index in [1.54, 1.807) is 18.6 Å². The number of hydrogen-bond donors (Lipinski definition) is 1. The van der Waals surface area contributed by atoms with Crippen LogP contribution in [0.25, 0.3) is 22.8 Å². The van der Waals surface area contributed by atoms with Gasteiger partial charge in [-0.3, -0.25) is 4.98 Å². The second kappa shape index (κ2) is 7.36. The van der Waals surface area contributed by atoms with Crippen molar-refractivity contribution in [3.05, 3.63) is 55.0 Å². The zero-order valence-electron chi connectivity index (χ0n) is 14.0. The highest BCUT2D eigenvalue weighted by Crippen LogP contribution is 2.25. The number of rotatable bonds is 3. The van der Waals surface area contributed by atoms with E-state index in [1.165, 1.54) is 0 Å². The van der Waals surface area contributed by atoms with Crippen molar-refractivity contribution >= 4 is 5.82 Å². The molecule has 6 nitrogen and oxygen atoms in total. The molecular formula is C19H20N6. The van der Waals surface area contributed by atoms with Gasteiger partial charge in [0.05, 0.1) is 11.9 Å². The van der Waals surface area contributed by atoms with Crippen LogP contribution in [0, 0.1) is 0 Å². The van der Waals surface area contributed by atoms with Crippen LogP contribution in [0.5, 0.6) is 0 Å². The molecule has 3 aromatic rings. The molecule has 1 fully saturated rings. The molecule has 0 spiro atoms. The van der Waals surface area contributed by atoms with Crippen LogP contribution in [0.3, 0.4) is 0 Å². The number of aromatic nitrogens is 4. The summed E-state index contributed by atoms with van der Waals surface area (Å²) in [4.78, 5) is 20.4. The monoisotopic (exact) mass is 332 g/mol. The highest BCUT2D eigenvalue weighted by molar-refractivity contribution is 5.66. The molecule has 4 rings (SSSR count). The van der Waals surface area contributed by atoms with Crippen LogP contribution in [0.4, 0.5) is 5.82 Å². The zero-order valence-corrected chi connectivity index (χ0v) is 14.0. The highest BCUT2D eigenvalue weighted by Gasteiger charge is 2.15. The smallest absolute Gasteiger partial charge is 0.182 e. The van der Waals surface area contributed by atoms with Gasteiger partial charge in [0.2, 0.25) is 0 Å². The van der Waals surface area contributed by atoms with E-state index in [4.69, 9.17) is 9.97 Å². The van der Waals surface area contributed by atoms with Crippen LogP contribution < -0.4 is 10.2 Å². The summed E-state index contributed by atoms with van der Waals surface area (Å²) in [6, 6.07) is 12.3. The van der Waals surface area contributed by atoms with E-state index in [0.29, 0.717) is 11.5 Å². The van der Waals surface area contributed by atoms with Crippen molar-refractivity contribution in [2.45, 2.75) is 6.42 Å². The molecule has 0 atom stereocenters. The largest absolute Gasteiger partial charge is 0.355 e.